The van der Waals surface area contributed by atoms with Gasteiger partial charge in [-0.2, -0.15) is 0 Å². The van der Waals surface area contributed by atoms with Crippen LogP contribution in [0.3, 0.4) is 0 Å². The van der Waals surface area contributed by atoms with Crippen LogP contribution in [0.5, 0.6) is 0 Å². The van der Waals surface area contributed by atoms with Crippen molar-refractivity contribution in [3.8, 4) is 0 Å². The number of nitrogens with zero attached hydrogens (tertiary/aromatic N) is 3. The first kappa shape index (κ1) is 23.5. The summed E-state index contributed by atoms with van der Waals surface area (Å²) in [5, 5.41) is 0.194. The quantitative estimate of drug-likeness (QED) is 0.476. The zero-order chi connectivity index (χ0) is 24.7. The molecule has 5 rings (SSSR count). The first-order valence-corrected chi connectivity index (χ1v) is 13.6. The Labute approximate surface area is 204 Å². The predicted octanol–water partition coefficient (Wildman–Crippen LogP) is 4.04. The van der Waals surface area contributed by atoms with Crippen LogP contribution in [0.25, 0.3) is 11.0 Å². The molecule has 0 N–H and O–H groups in total. The second kappa shape index (κ2) is 9.11. The Morgan fingerprint density at radius 3 is 2.43 bits per heavy atom. The SMILES string of the molecule is CCOC(=O)c1cn(C2CC2)c2nc(S(=O)(=O)c3ccc(C)cc3)c(N3CCCCC3)cc2c1=O. The largest absolute Gasteiger partial charge is 0.462 e. The highest BCUT2D eigenvalue weighted by molar-refractivity contribution is 7.91. The van der Waals surface area contributed by atoms with Gasteiger partial charge in [0.1, 0.15) is 11.2 Å². The van der Waals surface area contributed by atoms with E-state index in [2.05, 4.69) is 4.98 Å². The third-order valence-electron chi connectivity index (χ3n) is 6.67. The maximum absolute atomic E-state index is 13.8. The molecule has 2 fully saturated rings. The molecule has 0 atom stereocenters. The average molecular weight is 496 g/mol. The van der Waals surface area contributed by atoms with E-state index in [-0.39, 0.29) is 39.2 Å². The number of hydrogen-bond acceptors (Lipinski definition) is 7. The zero-order valence-corrected chi connectivity index (χ0v) is 20.8. The summed E-state index contributed by atoms with van der Waals surface area (Å²) >= 11 is 0. The highest BCUT2D eigenvalue weighted by Gasteiger charge is 2.32. The van der Waals surface area contributed by atoms with Crippen molar-refractivity contribution in [2.75, 3.05) is 24.6 Å². The lowest BCUT2D eigenvalue weighted by Gasteiger charge is -2.30. The summed E-state index contributed by atoms with van der Waals surface area (Å²) in [4.78, 5) is 32.8. The van der Waals surface area contributed by atoms with Crippen LogP contribution in [0.15, 0.2) is 51.2 Å². The lowest BCUT2D eigenvalue weighted by atomic mass is 10.1. The topological polar surface area (TPSA) is 98.6 Å². The molecule has 9 heteroatoms. The molecule has 1 saturated carbocycles. The van der Waals surface area contributed by atoms with Gasteiger partial charge in [0.05, 0.1) is 22.6 Å². The van der Waals surface area contributed by atoms with Crippen molar-refractivity contribution < 1.29 is 17.9 Å². The fraction of sp³-hybridized carbons (Fsp3) is 0.423. The van der Waals surface area contributed by atoms with Crippen LogP contribution < -0.4 is 10.3 Å². The second-order valence-electron chi connectivity index (χ2n) is 9.28. The summed E-state index contributed by atoms with van der Waals surface area (Å²) in [7, 11) is -3.96. The smallest absolute Gasteiger partial charge is 0.343 e. The Bertz CT molecular complexity index is 1450. The van der Waals surface area contributed by atoms with Crippen LogP contribution in [0, 0.1) is 6.92 Å². The summed E-state index contributed by atoms with van der Waals surface area (Å²) in [6, 6.07) is 8.40. The van der Waals surface area contributed by atoms with E-state index in [9.17, 15) is 18.0 Å². The highest BCUT2D eigenvalue weighted by atomic mass is 32.2. The molecule has 0 bridgehead atoms. The molecule has 3 aromatic rings. The molecule has 0 amide bonds. The number of esters is 1. The number of hydrogen-bond donors (Lipinski definition) is 0. The predicted molar refractivity (Wildman–Crippen MR) is 133 cm³/mol. The van der Waals surface area contributed by atoms with Gasteiger partial charge in [0.25, 0.3) is 0 Å². The van der Waals surface area contributed by atoms with Gasteiger partial charge in [0, 0.05) is 25.3 Å². The molecular formula is C26H29N3O5S. The van der Waals surface area contributed by atoms with Crippen molar-refractivity contribution in [1.82, 2.24) is 9.55 Å². The van der Waals surface area contributed by atoms with Gasteiger partial charge in [-0.3, -0.25) is 4.79 Å². The summed E-state index contributed by atoms with van der Waals surface area (Å²) < 4.78 is 34.6. The van der Waals surface area contributed by atoms with Gasteiger partial charge in [0.15, 0.2) is 5.03 Å². The second-order valence-corrected chi connectivity index (χ2v) is 11.1. The molecule has 0 spiro atoms. The molecule has 1 aliphatic carbocycles. The van der Waals surface area contributed by atoms with Crippen LogP contribution >= 0.6 is 0 Å². The van der Waals surface area contributed by atoms with Gasteiger partial charge in [-0.15, -0.1) is 0 Å². The number of pyridine rings is 2. The Hall–Kier alpha value is -3.20. The fourth-order valence-corrected chi connectivity index (χ4v) is 6.01. The molecule has 0 radical (unpaired) electrons. The molecule has 35 heavy (non-hydrogen) atoms. The number of aryl methyl sites for hydroxylation is 1. The fourth-order valence-electron chi connectivity index (χ4n) is 4.62. The summed E-state index contributed by atoms with van der Waals surface area (Å²) in [6.07, 6.45) is 6.15. The minimum absolute atomic E-state index is 0.0477. The minimum atomic E-state index is -3.96. The number of anilines is 1. The van der Waals surface area contributed by atoms with Crippen LogP contribution in [-0.4, -0.2) is 43.6 Å². The molecule has 1 saturated heterocycles. The number of fused-ring (bicyclic) bond motifs is 1. The zero-order valence-electron chi connectivity index (χ0n) is 20.0. The van der Waals surface area contributed by atoms with Crippen LogP contribution in [-0.2, 0) is 14.6 Å². The van der Waals surface area contributed by atoms with Crippen molar-refractivity contribution >= 4 is 32.5 Å². The van der Waals surface area contributed by atoms with Gasteiger partial charge in [-0.1, -0.05) is 17.7 Å². The molecule has 1 aliphatic heterocycles. The van der Waals surface area contributed by atoms with E-state index in [1.807, 2.05) is 11.8 Å². The minimum Gasteiger partial charge on any atom is -0.462 e. The van der Waals surface area contributed by atoms with Gasteiger partial charge < -0.3 is 14.2 Å². The van der Waals surface area contributed by atoms with Crippen molar-refractivity contribution in [3.63, 3.8) is 0 Å². The number of rotatable bonds is 6. The maximum Gasteiger partial charge on any atom is 0.343 e. The van der Waals surface area contributed by atoms with E-state index in [1.165, 1.54) is 6.20 Å². The van der Waals surface area contributed by atoms with E-state index in [0.717, 1.165) is 37.7 Å². The van der Waals surface area contributed by atoms with Crippen molar-refractivity contribution in [3.05, 3.63) is 57.9 Å². The highest BCUT2D eigenvalue weighted by Crippen LogP contribution is 2.39. The maximum atomic E-state index is 13.8. The number of piperidine rings is 1. The van der Waals surface area contributed by atoms with Crippen LogP contribution in [0.2, 0.25) is 0 Å². The number of ether oxygens (including phenoxy) is 1. The third-order valence-corrected chi connectivity index (χ3v) is 8.37. The first-order chi connectivity index (χ1) is 16.8. The van der Waals surface area contributed by atoms with Crippen LogP contribution in [0.4, 0.5) is 5.69 Å². The normalized spacial score (nSPS) is 16.5. The lowest BCUT2D eigenvalue weighted by molar-refractivity contribution is 0.0524. The van der Waals surface area contributed by atoms with Gasteiger partial charge in [0.2, 0.25) is 15.3 Å². The van der Waals surface area contributed by atoms with E-state index < -0.39 is 21.2 Å². The number of carbonyl (C=O) groups excluding carboxylic acids is 1. The van der Waals surface area contributed by atoms with E-state index in [1.54, 1.807) is 41.8 Å². The Balaban J connectivity index is 1.80. The molecule has 1 aromatic carbocycles. The van der Waals surface area contributed by atoms with Gasteiger partial charge >= 0.3 is 5.97 Å². The van der Waals surface area contributed by atoms with Gasteiger partial charge in [-0.25, -0.2) is 18.2 Å². The molecular weight excluding hydrogens is 466 g/mol. The molecule has 3 heterocycles. The molecule has 2 aliphatic rings. The Morgan fingerprint density at radius 2 is 1.80 bits per heavy atom. The Morgan fingerprint density at radius 1 is 1.11 bits per heavy atom. The van der Waals surface area contributed by atoms with Crippen molar-refractivity contribution in [1.29, 1.82) is 0 Å². The van der Waals surface area contributed by atoms with E-state index >= 15 is 0 Å². The number of carbonyl (C=O) groups is 1. The summed E-state index contributed by atoms with van der Waals surface area (Å²) in [5.41, 5.74) is 1.13. The van der Waals surface area contributed by atoms with Crippen molar-refractivity contribution in [2.45, 2.75) is 61.9 Å². The molecule has 8 nitrogen and oxygen atoms in total. The number of sulfone groups is 1. The van der Waals surface area contributed by atoms with Gasteiger partial charge in [-0.05, 0) is 64.2 Å². The standard InChI is InChI=1S/C26H29N3O5S/c1-3-34-26(31)21-16-29(18-9-10-18)24-20(23(21)30)15-22(28-13-5-4-6-14-28)25(27-24)35(32,33)19-11-7-17(2)8-12-19/h7-8,11-12,15-16,18H,3-6,9-10,13-14H2,1-2H3. The molecule has 0 unspecified atom stereocenters. The summed E-state index contributed by atoms with van der Waals surface area (Å²) in [5.74, 6) is -0.676. The summed E-state index contributed by atoms with van der Waals surface area (Å²) in [6.45, 7) is 5.11. The molecule has 184 valence electrons. The first-order valence-electron chi connectivity index (χ1n) is 12.1. The number of aromatic nitrogens is 2. The van der Waals surface area contributed by atoms with E-state index in [4.69, 9.17) is 4.74 Å². The lowest BCUT2D eigenvalue weighted by Crippen LogP contribution is -2.31. The third kappa shape index (κ3) is 4.33. The number of benzene rings is 1. The molecule has 2 aromatic heterocycles. The Kier molecular flexibility index (Phi) is 6.13. The van der Waals surface area contributed by atoms with Crippen molar-refractivity contribution in [2.24, 2.45) is 0 Å². The monoisotopic (exact) mass is 495 g/mol. The van der Waals surface area contributed by atoms with Crippen LogP contribution in [0.1, 0.15) is 61.0 Å². The van der Waals surface area contributed by atoms with E-state index in [0.29, 0.717) is 18.8 Å². The average Bonchev–Trinajstić information content (AvgIpc) is 3.70.